The van der Waals surface area contributed by atoms with E-state index in [1.54, 1.807) is 39.2 Å². The molecule has 2 aromatic rings. The van der Waals surface area contributed by atoms with Gasteiger partial charge in [0.05, 0.1) is 24.8 Å². The first-order valence-electron chi connectivity index (χ1n) is 8.44. The topological polar surface area (TPSA) is 64.7 Å². The molecule has 0 fully saturated rings. The van der Waals surface area contributed by atoms with Crippen molar-refractivity contribution in [1.29, 1.82) is 0 Å². The third-order valence-electron chi connectivity index (χ3n) is 4.09. The number of rotatable bonds is 8. The third-order valence-corrected chi connectivity index (χ3v) is 4.89. The van der Waals surface area contributed by atoms with Crippen molar-refractivity contribution in [2.75, 3.05) is 13.7 Å². The van der Waals surface area contributed by atoms with E-state index in [1.807, 2.05) is 18.2 Å². The molecule has 0 aliphatic carbocycles. The van der Waals surface area contributed by atoms with E-state index in [9.17, 15) is 5.11 Å². The second kappa shape index (κ2) is 8.96. The molecule has 0 saturated heterocycles. The number of aliphatic hydroxyl groups is 1. The lowest BCUT2D eigenvalue weighted by atomic mass is 9.91. The van der Waals surface area contributed by atoms with Gasteiger partial charge in [-0.1, -0.05) is 35.3 Å². The summed E-state index contributed by atoms with van der Waals surface area (Å²) in [5, 5.41) is 11.3. The first-order valence-corrected chi connectivity index (χ1v) is 9.20. The molecule has 26 heavy (non-hydrogen) atoms. The maximum Gasteiger partial charge on any atom is 0.139 e. The average Bonchev–Trinajstić information content (AvgIpc) is 2.60. The minimum atomic E-state index is -0.756. The minimum Gasteiger partial charge on any atom is -0.496 e. The van der Waals surface area contributed by atoms with Crippen LogP contribution in [0.3, 0.4) is 0 Å². The van der Waals surface area contributed by atoms with Crippen molar-refractivity contribution in [1.82, 2.24) is 0 Å². The fourth-order valence-electron chi connectivity index (χ4n) is 2.63. The molecular weight excluding hydrogens is 373 g/mol. The van der Waals surface area contributed by atoms with Crippen molar-refractivity contribution < 1.29 is 14.6 Å². The van der Waals surface area contributed by atoms with Gasteiger partial charge in [0.1, 0.15) is 16.5 Å². The second-order valence-corrected chi connectivity index (χ2v) is 7.58. The summed E-state index contributed by atoms with van der Waals surface area (Å²) in [6.45, 7) is 4.08. The molecule has 6 heteroatoms. The first kappa shape index (κ1) is 20.8. The van der Waals surface area contributed by atoms with Crippen LogP contribution in [-0.4, -0.2) is 24.4 Å². The maximum atomic E-state index is 10.4. The van der Waals surface area contributed by atoms with Crippen molar-refractivity contribution in [3.8, 4) is 11.5 Å². The van der Waals surface area contributed by atoms with Gasteiger partial charge in [0.25, 0.3) is 0 Å². The number of aliphatic hydroxyl groups excluding tert-OH is 1. The molecule has 0 bridgehead atoms. The summed E-state index contributed by atoms with van der Waals surface area (Å²) >= 11 is 12.1. The molecule has 0 saturated carbocycles. The normalized spacial score (nSPS) is 12.7. The van der Waals surface area contributed by atoms with Gasteiger partial charge in [0.15, 0.2) is 0 Å². The zero-order chi connectivity index (χ0) is 19.3. The van der Waals surface area contributed by atoms with Gasteiger partial charge in [-0.05, 0) is 62.1 Å². The average molecular weight is 398 g/mol. The summed E-state index contributed by atoms with van der Waals surface area (Å²) in [6.07, 6.45) is 0.728. The summed E-state index contributed by atoms with van der Waals surface area (Å²) in [5.74, 6) is 1.34. The highest BCUT2D eigenvalue weighted by Gasteiger charge is 2.25. The van der Waals surface area contributed by atoms with E-state index in [1.165, 1.54) is 0 Å². The highest BCUT2D eigenvalue weighted by Crippen LogP contribution is 2.32. The lowest BCUT2D eigenvalue weighted by Crippen LogP contribution is -2.39. The number of methoxy groups -OCH3 is 1. The summed E-state index contributed by atoms with van der Waals surface area (Å²) in [4.78, 5) is 0. The van der Waals surface area contributed by atoms with Gasteiger partial charge in [0, 0.05) is 5.54 Å². The Bertz CT molecular complexity index is 744. The molecule has 2 aromatic carbocycles. The molecule has 0 amide bonds. The summed E-state index contributed by atoms with van der Waals surface area (Å²) in [7, 11) is 1.63. The minimum absolute atomic E-state index is 0.419. The smallest absolute Gasteiger partial charge is 0.139 e. The van der Waals surface area contributed by atoms with E-state index in [4.69, 9.17) is 38.4 Å². The highest BCUT2D eigenvalue weighted by molar-refractivity contribution is 6.42. The second-order valence-electron chi connectivity index (χ2n) is 6.80. The molecule has 0 unspecified atom stereocenters. The van der Waals surface area contributed by atoms with Crippen molar-refractivity contribution in [3.05, 3.63) is 57.6 Å². The van der Waals surface area contributed by atoms with E-state index in [2.05, 4.69) is 0 Å². The molecule has 0 radical (unpaired) electrons. The largest absolute Gasteiger partial charge is 0.496 e. The Morgan fingerprint density at radius 2 is 1.88 bits per heavy atom. The molecule has 142 valence electrons. The quantitative estimate of drug-likeness (QED) is 0.628. The Morgan fingerprint density at radius 3 is 2.54 bits per heavy atom. The van der Waals surface area contributed by atoms with Crippen LogP contribution in [0, 0.1) is 0 Å². The number of hydrogen-bond acceptors (Lipinski definition) is 4. The van der Waals surface area contributed by atoms with Crippen LogP contribution in [-0.2, 0) is 6.42 Å². The van der Waals surface area contributed by atoms with E-state index in [0.29, 0.717) is 22.4 Å². The number of nitrogens with two attached hydrogens (primary N) is 1. The Hall–Kier alpha value is -1.46. The number of aryl methyl sites for hydroxylation is 1. The van der Waals surface area contributed by atoms with Gasteiger partial charge in [-0.15, -0.1) is 0 Å². The molecule has 0 aliphatic heterocycles. The van der Waals surface area contributed by atoms with Crippen LogP contribution in [0.15, 0.2) is 36.4 Å². The molecule has 0 spiro atoms. The van der Waals surface area contributed by atoms with E-state index >= 15 is 0 Å². The fraction of sp³-hybridized carbons (Fsp3) is 0.400. The Labute approximate surface area is 164 Å². The molecule has 0 aliphatic rings. The standard InChI is InChI=1S/C20H25Cl2NO3/c1-20(2,23)19(24)14-9-10-16(25-3)13(12-14)6-5-11-26-17-8-4-7-15(21)18(17)22/h4,7-10,12,19,24H,5-6,11,23H2,1-3H3/t19-/m1/s1. The molecular formula is C20H25Cl2NO3. The van der Waals surface area contributed by atoms with E-state index < -0.39 is 11.6 Å². The lowest BCUT2D eigenvalue weighted by molar-refractivity contribution is 0.104. The van der Waals surface area contributed by atoms with E-state index in [0.717, 1.165) is 29.7 Å². The molecule has 1 atom stereocenters. The molecule has 4 nitrogen and oxygen atoms in total. The van der Waals surface area contributed by atoms with Gasteiger partial charge in [-0.3, -0.25) is 0 Å². The molecule has 0 aromatic heterocycles. The molecule has 0 heterocycles. The Balaban J connectivity index is 2.02. The first-order chi connectivity index (χ1) is 12.2. The number of hydrogen-bond donors (Lipinski definition) is 2. The van der Waals surface area contributed by atoms with Gasteiger partial charge in [0.2, 0.25) is 0 Å². The van der Waals surface area contributed by atoms with Crippen LogP contribution in [0.2, 0.25) is 10.0 Å². The van der Waals surface area contributed by atoms with E-state index in [-0.39, 0.29) is 0 Å². The van der Waals surface area contributed by atoms with Crippen LogP contribution in [0.5, 0.6) is 11.5 Å². The third kappa shape index (κ3) is 5.27. The zero-order valence-electron chi connectivity index (χ0n) is 15.3. The SMILES string of the molecule is COc1ccc([C@@H](O)C(C)(C)N)cc1CCCOc1cccc(Cl)c1Cl. The maximum absolute atomic E-state index is 10.4. The van der Waals surface area contributed by atoms with Crippen molar-refractivity contribution >= 4 is 23.2 Å². The van der Waals surface area contributed by atoms with Crippen LogP contribution in [0.1, 0.15) is 37.5 Å². The Kier molecular flexibility index (Phi) is 7.18. The predicted molar refractivity (Wildman–Crippen MR) is 106 cm³/mol. The monoisotopic (exact) mass is 397 g/mol. The molecule has 3 N–H and O–H groups in total. The van der Waals surface area contributed by atoms with Gasteiger partial charge >= 0.3 is 0 Å². The van der Waals surface area contributed by atoms with Crippen molar-refractivity contribution in [2.45, 2.75) is 38.3 Å². The summed E-state index contributed by atoms with van der Waals surface area (Å²) in [6, 6.07) is 10.9. The van der Waals surface area contributed by atoms with Crippen LogP contribution < -0.4 is 15.2 Å². The fourth-order valence-corrected chi connectivity index (χ4v) is 2.98. The highest BCUT2D eigenvalue weighted by atomic mass is 35.5. The number of halogens is 2. The van der Waals surface area contributed by atoms with Gasteiger partial charge < -0.3 is 20.3 Å². The number of ether oxygens (including phenoxy) is 2. The van der Waals surface area contributed by atoms with Crippen molar-refractivity contribution in [3.63, 3.8) is 0 Å². The zero-order valence-corrected chi connectivity index (χ0v) is 16.8. The number of benzene rings is 2. The lowest BCUT2D eigenvalue weighted by Gasteiger charge is -2.26. The predicted octanol–water partition coefficient (Wildman–Crippen LogP) is 4.78. The van der Waals surface area contributed by atoms with Gasteiger partial charge in [-0.25, -0.2) is 0 Å². The van der Waals surface area contributed by atoms with Crippen LogP contribution in [0.4, 0.5) is 0 Å². The molecule has 2 rings (SSSR count). The summed E-state index contributed by atoms with van der Waals surface area (Å²) in [5.41, 5.74) is 7.06. The van der Waals surface area contributed by atoms with Crippen molar-refractivity contribution in [2.24, 2.45) is 5.73 Å². The Morgan fingerprint density at radius 1 is 1.15 bits per heavy atom. The van der Waals surface area contributed by atoms with Gasteiger partial charge in [-0.2, -0.15) is 0 Å². The van der Waals surface area contributed by atoms with Crippen LogP contribution in [0.25, 0.3) is 0 Å². The summed E-state index contributed by atoms with van der Waals surface area (Å²) < 4.78 is 11.1. The van der Waals surface area contributed by atoms with Crippen LogP contribution >= 0.6 is 23.2 Å².